The zero-order valence-corrected chi connectivity index (χ0v) is 17.1. The third-order valence-corrected chi connectivity index (χ3v) is 5.37. The first-order valence-corrected chi connectivity index (χ1v) is 9.72. The zero-order chi connectivity index (χ0) is 22.0. The van der Waals surface area contributed by atoms with Crippen molar-refractivity contribution in [2.24, 2.45) is 0 Å². The van der Waals surface area contributed by atoms with E-state index < -0.39 is 5.92 Å². The normalized spacial score (nSPS) is 12.0. The van der Waals surface area contributed by atoms with Gasteiger partial charge in [-0.2, -0.15) is 0 Å². The Kier molecular flexibility index (Phi) is 5.58. The lowest BCUT2D eigenvalue weighted by Crippen LogP contribution is -2.14. The molecule has 0 aliphatic heterocycles. The lowest BCUT2D eigenvalue weighted by molar-refractivity contribution is -0.481. The van der Waals surface area contributed by atoms with Crippen LogP contribution >= 0.6 is 0 Å². The molecule has 1 heterocycles. The standard InChI is InChI=1S/C24H21FN2O4/c1-30-21-12-9-16(13-22(21)31-2)24-23(18-5-3-4-6-20(18)26-24)19(14-27(28)29)15-7-10-17(25)11-8-15/h3-13,19,26H,14H2,1-2H3. The summed E-state index contributed by atoms with van der Waals surface area (Å²) in [6.07, 6.45) is 0. The highest BCUT2D eigenvalue weighted by molar-refractivity contribution is 5.92. The Labute approximate surface area is 178 Å². The van der Waals surface area contributed by atoms with Crippen molar-refractivity contribution in [1.29, 1.82) is 0 Å². The van der Waals surface area contributed by atoms with E-state index in [1.807, 2.05) is 36.4 Å². The number of H-pyrrole nitrogens is 1. The molecule has 0 spiro atoms. The van der Waals surface area contributed by atoms with Crippen molar-refractivity contribution >= 4 is 10.9 Å². The first kappa shape index (κ1) is 20.4. The molecule has 0 radical (unpaired) electrons. The summed E-state index contributed by atoms with van der Waals surface area (Å²) < 4.78 is 24.3. The van der Waals surface area contributed by atoms with Gasteiger partial charge in [0.1, 0.15) is 5.82 Å². The highest BCUT2D eigenvalue weighted by atomic mass is 19.1. The first-order valence-electron chi connectivity index (χ1n) is 9.72. The van der Waals surface area contributed by atoms with E-state index in [4.69, 9.17) is 9.47 Å². The maximum Gasteiger partial charge on any atom is 0.214 e. The molecule has 6 nitrogen and oxygen atoms in total. The second kappa shape index (κ2) is 8.47. The number of nitro groups is 1. The summed E-state index contributed by atoms with van der Waals surface area (Å²) in [6.45, 7) is -0.326. The summed E-state index contributed by atoms with van der Waals surface area (Å²) in [6, 6.07) is 19.0. The van der Waals surface area contributed by atoms with E-state index in [-0.39, 0.29) is 17.3 Å². The molecule has 0 aliphatic rings. The molecule has 0 fully saturated rings. The molecule has 3 aromatic carbocycles. The van der Waals surface area contributed by atoms with Crippen molar-refractivity contribution in [3.8, 4) is 22.8 Å². The number of halogens is 1. The van der Waals surface area contributed by atoms with Crippen LogP contribution < -0.4 is 9.47 Å². The summed E-state index contributed by atoms with van der Waals surface area (Å²) in [5.74, 6) is 0.180. The molecular weight excluding hydrogens is 399 g/mol. The van der Waals surface area contributed by atoms with E-state index >= 15 is 0 Å². The van der Waals surface area contributed by atoms with E-state index in [0.29, 0.717) is 17.1 Å². The summed E-state index contributed by atoms with van der Waals surface area (Å²) >= 11 is 0. The van der Waals surface area contributed by atoms with Gasteiger partial charge in [0, 0.05) is 21.4 Å². The fourth-order valence-electron chi connectivity index (χ4n) is 3.95. The Hall–Kier alpha value is -3.87. The minimum atomic E-state index is -0.574. The van der Waals surface area contributed by atoms with Crippen LogP contribution in [-0.4, -0.2) is 30.7 Å². The predicted octanol–water partition coefficient (Wildman–Crippen LogP) is 5.40. The van der Waals surface area contributed by atoms with Gasteiger partial charge in [-0.1, -0.05) is 30.3 Å². The maximum atomic E-state index is 13.5. The average Bonchev–Trinajstić information content (AvgIpc) is 3.17. The van der Waals surface area contributed by atoms with Gasteiger partial charge in [-0.3, -0.25) is 10.1 Å². The molecule has 0 bridgehead atoms. The molecule has 1 aromatic heterocycles. The number of aromatic nitrogens is 1. The summed E-state index contributed by atoms with van der Waals surface area (Å²) in [5.41, 5.74) is 3.87. The quantitative estimate of drug-likeness (QED) is 0.321. The Morgan fingerprint density at radius 1 is 1.00 bits per heavy atom. The molecule has 7 heteroatoms. The van der Waals surface area contributed by atoms with Gasteiger partial charge < -0.3 is 14.5 Å². The van der Waals surface area contributed by atoms with Crippen molar-refractivity contribution < 1.29 is 18.8 Å². The third kappa shape index (κ3) is 3.94. The van der Waals surface area contributed by atoms with Crippen molar-refractivity contribution in [1.82, 2.24) is 4.98 Å². The van der Waals surface area contributed by atoms with Gasteiger partial charge in [0.05, 0.1) is 25.8 Å². The van der Waals surface area contributed by atoms with Crippen molar-refractivity contribution in [2.45, 2.75) is 5.92 Å². The third-order valence-electron chi connectivity index (χ3n) is 5.37. The zero-order valence-electron chi connectivity index (χ0n) is 17.1. The number of rotatable bonds is 7. The van der Waals surface area contributed by atoms with Gasteiger partial charge >= 0.3 is 0 Å². The van der Waals surface area contributed by atoms with Crippen LogP contribution in [0.2, 0.25) is 0 Å². The van der Waals surface area contributed by atoms with Crippen molar-refractivity contribution in [3.63, 3.8) is 0 Å². The molecule has 0 aliphatic carbocycles. The largest absolute Gasteiger partial charge is 0.493 e. The minimum Gasteiger partial charge on any atom is -0.493 e. The number of ether oxygens (including phenoxy) is 2. The number of nitrogens with one attached hydrogen (secondary N) is 1. The first-order chi connectivity index (χ1) is 15.0. The lowest BCUT2D eigenvalue weighted by Gasteiger charge is -2.17. The molecule has 4 rings (SSSR count). The van der Waals surface area contributed by atoms with Gasteiger partial charge in [-0.25, -0.2) is 4.39 Å². The monoisotopic (exact) mass is 420 g/mol. The van der Waals surface area contributed by atoms with Gasteiger partial charge in [0.15, 0.2) is 11.5 Å². The number of hydrogen-bond acceptors (Lipinski definition) is 4. The molecule has 158 valence electrons. The second-order valence-electron chi connectivity index (χ2n) is 7.15. The van der Waals surface area contributed by atoms with Crippen LogP contribution in [0, 0.1) is 15.9 Å². The number of hydrogen-bond donors (Lipinski definition) is 1. The van der Waals surface area contributed by atoms with Crippen LogP contribution in [0.5, 0.6) is 11.5 Å². The maximum absolute atomic E-state index is 13.5. The average molecular weight is 420 g/mol. The van der Waals surface area contributed by atoms with Gasteiger partial charge in [0.2, 0.25) is 6.54 Å². The molecule has 31 heavy (non-hydrogen) atoms. The summed E-state index contributed by atoms with van der Waals surface area (Å²) in [4.78, 5) is 14.7. The van der Waals surface area contributed by atoms with Crippen LogP contribution in [-0.2, 0) is 0 Å². The Morgan fingerprint density at radius 2 is 1.71 bits per heavy atom. The predicted molar refractivity (Wildman–Crippen MR) is 117 cm³/mol. The van der Waals surface area contributed by atoms with E-state index in [1.54, 1.807) is 32.4 Å². The SMILES string of the molecule is COc1ccc(-c2[nH]c3ccccc3c2C(C[N+](=O)[O-])c2ccc(F)cc2)cc1OC. The molecule has 1 atom stereocenters. The molecule has 0 saturated heterocycles. The highest BCUT2D eigenvalue weighted by Crippen LogP contribution is 2.41. The van der Waals surface area contributed by atoms with E-state index in [1.165, 1.54) is 12.1 Å². The van der Waals surface area contributed by atoms with E-state index in [9.17, 15) is 14.5 Å². The fraction of sp³-hybridized carbons (Fsp3) is 0.167. The Morgan fingerprint density at radius 3 is 2.39 bits per heavy atom. The van der Waals surface area contributed by atoms with Crippen LogP contribution in [0.4, 0.5) is 4.39 Å². The number of benzene rings is 3. The van der Waals surface area contributed by atoms with Crippen LogP contribution in [0.1, 0.15) is 17.0 Å². The molecule has 0 saturated carbocycles. The van der Waals surface area contributed by atoms with Crippen LogP contribution in [0.3, 0.4) is 0 Å². The molecule has 1 unspecified atom stereocenters. The minimum absolute atomic E-state index is 0.326. The van der Waals surface area contributed by atoms with Gasteiger partial charge in [-0.15, -0.1) is 0 Å². The molecular formula is C24H21FN2O4. The molecule has 4 aromatic rings. The number of methoxy groups -OCH3 is 2. The van der Waals surface area contributed by atoms with Crippen LogP contribution in [0.25, 0.3) is 22.2 Å². The molecule has 1 N–H and O–H groups in total. The second-order valence-corrected chi connectivity index (χ2v) is 7.15. The van der Waals surface area contributed by atoms with Crippen molar-refractivity contribution in [2.75, 3.05) is 20.8 Å². The van der Waals surface area contributed by atoms with E-state index in [2.05, 4.69) is 4.98 Å². The topological polar surface area (TPSA) is 77.4 Å². The molecule has 0 amide bonds. The van der Waals surface area contributed by atoms with Gasteiger partial charge in [-0.05, 0) is 47.5 Å². The van der Waals surface area contributed by atoms with Crippen LogP contribution in [0.15, 0.2) is 66.7 Å². The Bertz CT molecular complexity index is 1230. The summed E-state index contributed by atoms with van der Waals surface area (Å²) in [5, 5.41) is 12.5. The van der Waals surface area contributed by atoms with Gasteiger partial charge in [0.25, 0.3) is 0 Å². The number of aromatic amines is 1. The number of fused-ring (bicyclic) bond motifs is 1. The lowest BCUT2D eigenvalue weighted by atomic mass is 9.87. The number of para-hydroxylation sites is 1. The number of nitrogens with zero attached hydrogens (tertiary/aromatic N) is 1. The van der Waals surface area contributed by atoms with Crippen molar-refractivity contribution in [3.05, 3.63) is 93.8 Å². The fourth-order valence-corrected chi connectivity index (χ4v) is 3.95. The Balaban J connectivity index is 1.97. The van der Waals surface area contributed by atoms with E-state index in [0.717, 1.165) is 27.7 Å². The summed E-state index contributed by atoms with van der Waals surface area (Å²) in [7, 11) is 3.12. The highest BCUT2D eigenvalue weighted by Gasteiger charge is 2.28. The smallest absolute Gasteiger partial charge is 0.214 e.